The van der Waals surface area contributed by atoms with Crippen LogP contribution in [0.25, 0.3) is 11.0 Å². The number of piperidine rings is 1. The topological polar surface area (TPSA) is 61.1 Å². The Morgan fingerprint density at radius 3 is 2.70 bits per heavy atom. The molecule has 0 saturated carbocycles. The van der Waals surface area contributed by atoms with Crippen LogP contribution in [-0.2, 0) is 16.8 Å². The molecule has 0 radical (unpaired) electrons. The minimum atomic E-state index is -0.238. The summed E-state index contributed by atoms with van der Waals surface area (Å²) in [7, 11) is 3.16. The van der Waals surface area contributed by atoms with Crippen LogP contribution in [0, 0.1) is 6.92 Å². The highest BCUT2D eigenvalue weighted by atomic mass is 32.1. The summed E-state index contributed by atoms with van der Waals surface area (Å²) in [5.74, 6) is 1.38. The molecule has 4 heterocycles. The normalized spacial score (nSPS) is 17.9. The first-order chi connectivity index (χ1) is 14.6. The summed E-state index contributed by atoms with van der Waals surface area (Å²) in [6, 6.07) is 5.95. The molecule has 3 aromatic rings. The largest absolute Gasteiger partial charge is 0.493 e. The molecule has 0 N–H and O–H groups in total. The first-order valence-corrected chi connectivity index (χ1v) is 11.1. The molecule has 1 fully saturated rings. The molecule has 158 valence electrons. The standard InChI is InChI=1S/C23H25NO5S/c1-14-16-4-5-17(26-2)20(27-3)19(16)29-18(14)22(25)24-10-8-23(9-11-24)21-15(6-12-28-23)7-13-30-21/h4-5,7,13H,6,8-12H2,1-3H3. The summed E-state index contributed by atoms with van der Waals surface area (Å²) in [6.07, 6.45) is 2.60. The lowest BCUT2D eigenvalue weighted by Gasteiger charge is -2.43. The van der Waals surface area contributed by atoms with E-state index in [9.17, 15) is 4.79 Å². The summed E-state index contributed by atoms with van der Waals surface area (Å²) in [5.41, 5.74) is 2.54. The molecule has 1 saturated heterocycles. The van der Waals surface area contributed by atoms with Gasteiger partial charge in [0.25, 0.3) is 5.91 Å². The molecule has 2 aromatic heterocycles. The van der Waals surface area contributed by atoms with Gasteiger partial charge in [0, 0.05) is 28.9 Å². The molecule has 0 bridgehead atoms. The lowest BCUT2D eigenvalue weighted by atomic mass is 9.85. The number of carbonyl (C=O) groups is 1. The van der Waals surface area contributed by atoms with Crippen LogP contribution in [0.4, 0.5) is 0 Å². The average Bonchev–Trinajstić information content (AvgIpc) is 3.39. The fourth-order valence-electron chi connectivity index (χ4n) is 4.74. The van der Waals surface area contributed by atoms with Crippen LogP contribution in [0.3, 0.4) is 0 Å². The highest BCUT2D eigenvalue weighted by molar-refractivity contribution is 7.10. The van der Waals surface area contributed by atoms with Crippen molar-refractivity contribution in [2.45, 2.75) is 31.8 Å². The van der Waals surface area contributed by atoms with E-state index in [2.05, 4.69) is 11.4 Å². The van der Waals surface area contributed by atoms with E-state index >= 15 is 0 Å². The van der Waals surface area contributed by atoms with Crippen molar-refractivity contribution in [2.24, 2.45) is 0 Å². The van der Waals surface area contributed by atoms with Gasteiger partial charge < -0.3 is 23.5 Å². The lowest BCUT2D eigenvalue weighted by Crippen LogP contribution is -2.47. The average molecular weight is 428 g/mol. The number of hydrogen-bond donors (Lipinski definition) is 0. The summed E-state index contributed by atoms with van der Waals surface area (Å²) in [6.45, 7) is 3.96. The minimum Gasteiger partial charge on any atom is -0.493 e. The first kappa shape index (κ1) is 19.5. The van der Waals surface area contributed by atoms with Crippen molar-refractivity contribution in [1.82, 2.24) is 4.90 Å². The Bertz CT molecular complexity index is 1110. The number of aryl methyl sites for hydroxylation is 1. The van der Waals surface area contributed by atoms with Crippen LogP contribution in [-0.4, -0.2) is 44.7 Å². The second-order valence-electron chi connectivity index (χ2n) is 7.89. The van der Waals surface area contributed by atoms with Crippen LogP contribution >= 0.6 is 11.3 Å². The monoisotopic (exact) mass is 427 g/mol. The second-order valence-corrected chi connectivity index (χ2v) is 8.81. The minimum absolute atomic E-state index is 0.0817. The fourth-order valence-corrected chi connectivity index (χ4v) is 5.91. The van der Waals surface area contributed by atoms with E-state index in [0.717, 1.165) is 36.8 Å². The van der Waals surface area contributed by atoms with Gasteiger partial charge in [-0.1, -0.05) is 0 Å². The number of nitrogens with zero attached hydrogens (tertiary/aromatic N) is 1. The smallest absolute Gasteiger partial charge is 0.289 e. The van der Waals surface area contributed by atoms with Gasteiger partial charge in [-0.3, -0.25) is 4.79 Å². The molecule has 0 atom stereocenters. The summed E-state index contributed by atoms with van der Waals surface area (Å²) < 4.78 is 23.2. The molecule has 5 rings (SSSR count). The molecule has 30 heavy (non-hydrogen) atoms. The molecule has 1 spiro atoms. The molecule has 0 unspecified atom stereocenters. The zero-order valence-electron chi connectivity index (χ0n) is 17.4. The maximum atomic E-state index is 13.3. The van der Waals surface area contributed by atoms with Crippen molar-refractivity contribution >= 4 is 28.2 Å². The zero-order chi connectivity index (χ0) is 20.9. The molecule has 2 aliphatic heterocycles. The number of benzene rings is 1. The molecule has 1 aromatic carbocycles. The number of fused-ring (bicyclic) bond motifs is 3. The molecular formula is C23H25NO5S. The van der Waals surface area contributed by atoms with E-state index in [1.165, 1.54) is 10.4 Å². The van der Waals surface area contributed by atoms with Gasteiger partial charge in [-0.15, -0.1) is 11.3 Å². The van der Waals surface area contributed by atoms with E-state index in [4.69, 9.17) is 18.6 Å². The zero-order valence-corrected chi connectivity index (χ0v) is 18.3. The Balaban J connectivity index is 1.42. The van der Waals surface area contributed by atoms with E-state index in [0.29, 0.717) is 35.9 Å². The van der Waals surface area contributed by atoms with Gasteiger partial charge in [0.1, 0.15) is 5.60 Å². The molecule has 1 amide bonds. The van der Waals surface area contributed by atoms with Crippen molar-refractivity contribution in [3.8, 4) is 11.5 Å². The highest BCUT2D eigenvalue weighted by Crippen LogP contribution is 2.45. The molecule has 0 aliphatic carbocycles. The third-order valence-electron chi connectivity index (χ3n) is 6.41. The van der Waals surface area contributed by atoms with E-state index in [1.54, 1.807) is 25.6 Å². The van der Waals surface area contributed by atoms with Crippen LogP contribution in [0.15, 0.2) is 28.0 Å². The van der Waals surface area contributed by atoms with Gasteiger partial charge in [-0.05, 0) is 55.3 Å². The number of furan rings is 1. The summed E-state index contributed by atoms with van der Waals surface area (Å²) in [4.78, 5) is 16.6. The number of thiophene rings is 1. The maximum absolute atomic E-state index is 13.3. The van der Waals surface area contributed by atoms with Gasteiger partial charge in [-0.2, -0.15) is 0 Å². The van der Waals surface area contributed by atoms with Gasteiger partial charge in [0.2, 0.25) is 5.75 Å². The Morgan fingerprint density at radius 2 is 1.97 bits per heavy atom. The highest BCUT2D eigenvalue weighted by Gasteiger charge is 2.43. The Labute approximate surface area is 179 Å². The number of carbonyl (C=O) groups excluding carboxylic acids is 1. The van der Waals surface area contributed by atoms with Gasteiger partial charge in [-0.25, -0.2) is 0 Å². The van der Waals surface area contributed by atoms with Crippen molar-refractivity contribution in [2.75, 3.05) is 33.9 Å². The molecule has 6 nitrogen and oxygen atoms in total. The number of amides is 1. The SMILES string of the molecule is COc1ccc2c(C)c(C(=O)N3CCC4(CC3)OCCc3ccsc34)oc2c1OC. The molecule has 7 heteroatoms. The maximum Gasteiger partial charge on any atom is 0.289 e. The van der Waals surface area contributed by atoms with Crippen molar-refractivity contribution < 1.29 is 23.4 Å². The second kappa shape index (κ2) is 7.32. The van der Waals surface area contributed by atoms with Crippen LogP contribution in [0.1, 0.15) is 39.4 Å². The Morgan fingerprint density at radius 1 is 1.17 bits per heavy atom. The van der Waals surface area contributed by atoms with Crippen LogP contribution < -0.4 is 9.47 Å². The number of likely N-dealkylation sites (tertiary alicyclic amines) is 1. The van der Waals surface area contributed by atoms with Gasteiger partial charge >= 0.3 is 0 Å². The van der Waals surface area contributed by atoms with Gasteiger partial charge in [0.05, 0.1) is 20.8 Å². The third kappa shape index (κ3) is 2.83. The van der Waals surface area contributed by atoms with Crippen molar-refractivity contribution in [3.63, 3.8) is 0 Å². The lowest BCUT2D eigenvalue weighted by molar-refractivity contribution is -0.0908. The van der Waals surface area contributed by atoms with Crippen LogP contribution in [0.5, 0.6) is 11.5 Å². The third-order valence-corrected chi connectivity index (χ3v) is 7.55. The Hall–Kier alpha value is -2.51. The van der Waals surface area contributed by atoms with E-state index in [1.807, 2.05) is 24.0 Å². The van der Waals surface area contributed by atoms with E-state index < -0.39 is 0 Å². The van der Waals surface area contributed by atoms with Crippen molar-refractivity contribution in [3.05, 3.63) is 45.3 Å². The number of hydrogen-bond acceptors (Lipinski definition) is 6. The van der Waals surface area contributed by atoms with E-state index in [-0.39, 0.29) is 11.5 Å². The number of ether oxygens (including phenoxy) is 3. The van der Waals surface area contributed by atoms with Crippen molar-refractivity contribution in [1.29, 1.82) is 0 Å². The van der Waals surface area contributed by atoms with Gasteiger partial charge in [0.15, 0.2) is 17.1 Å². The fraction of sp³-hybridized carbons (Fsp3) is 0.435. The molecule has 2 aliphatic rings. The number of rotatable bonds is 3. The predicted molar refractivity (Wildman–Crippen MR) is 115 cm³/mol. The quantitative estimate of drug-likeness (QED) is 0.615. The van der Waals surface area contributed by atoms with Crippen LogP contribution in [0.2, 0.25) is 0 Å². The Kier molecular flexibility index (Phi) is 4.75. The molecular weight excluding hydrogens is 402 g/mol. The first-order valence-electron chi connectivity index (χ1n) is 10.2. The predicted octanol–water partition coefficient (Wildman–Crippen LogP) is 4.52. The number of methoxy groups -OCH3 is 2. The summed E-state index contributed by atoms with van der Waals surface area (Å²) >= 11 is 1.78. The summed E-state index contributed by atoms with van der Waals surface area (Å²) in [5, 5.41) is 3.02.